The van der Waals surface area contributed by atoms with Crippen molar-refractivity contribution in [2.45, 2.75) is 20.4 Å². The summed E-state index contributed by atoms with van der Waals surface area (Å²) >= 11 is 3.50. The van der Waals surface area contributed by atoms with Gasteiger partial charge in [-0.15, -0.1) is 0 Å². The molecule has 0 aliphatic heterocycles. The Hall–Kier alpha value is -2.59. The third-order valence-corrected chi connectivity index (χ3v) is 5.35. The van der Waals surface area contributed by atoms with E-state index in [1.165, 1.54) is 11.1 Å². The van der Waals surface area contributed by atoms with Crippen LogP contribution in [0, 0.1) is 13.8 Å². The van der Waals surface area contributed by atoms with Gasteiger partial charge in [-0.05, 0) is 61.4 Å². The maximum absolute atomic E-state index is 6.02. The molecule has 1 aromatic heterocycles. The Balaban J connectivity index is 1.62. The summed E-state index contributed by atoms with van der Waals surface area (Å²) in [5.41, 5.74) is 5.75. The SMILES string of the molecule is Cc1ccc(OCCn2c(-c3ccc(Br)cc3)nc3ccccc32)cc1C. The molecule has 0 bridgehead atoms. The highest BCUT2D eigenvalue weighted by Crippen LogP contribution is 2.26. The molecule has 136 valence electrons. The van der Waals surface area contributed by atoms with Gasteiger partial charge in [0.15, 0.2) is 0 Å². The van der Waals surface area contributed by atoms with Gasteiger partial charge in [0, 0.05) is 10.0 Å². The molecule has 0 aliphatic rings. The highest BCUT2D eigenvalue weighted by Gasteiger charge is 2.12. The monoisotopic (exact) mass is 420 g/mol. The zero-order valence-electron chi connectivity index (χ0n) is 15.4. The number of imidazole rings is 1. The molecule has 0 fully saturated rings. The van der Waals surface area contributed by atoms with E-state index in [9.17, 15) is 0 Å². The number of benzene rings is 3. The number of hydrogen-bond acceptors (Lipinski definition) is 2. The normalized spacial score (nSPS) is 11.1. The predicted molar refractivity (Wildman–Crippen MR) is 114 cm³/mol. The van der Waals surface area contributed by atoms with Gasteiger partial charge in [-0.1, -0.05) is 46.3 Å². The number of para-hydroxylation sites is 2. The fourth-order valence-electron chi connectivity index (χ4n) is 3.18. The van der Waals surface area contributed by atoms with Gasteiger partial charge in [-0.3, -0.25) is 0 Å². The minimum atomic E-state index is 0.590. The van der Waals surface area contributed by atoms with Crippen LogP contribution in [0.15, 0.2) is 71.2 Å². The van der Waals surface area contributed by atoms with Crippen LogP contribution in [0.3, 0.4) is 0 Å². The fraction of sp³-hybridized carbons (Fsp3) is 0.174. The van der Waals surface area contributed by atoms with E-state index >= 15 is 0 Å². The first-order valence-corrected chi connectivity index (χ1v) is 9.82. The summed E-state index contributed by atoms with van der Waals surface area (Å²) in [7, 11) is 0. The molecule has 0 saturated carbocycles. The summed E-state index contributed by atoms with van der Waals surface area (Å²) in [6.45, 7) is 5.55. The Morgan fingerprint density at radius 1 is 0.926 bits per heavy atom. The second-order valence-corrected chi connectivity index (χ2v) is 7.59. The molecule has 0 amide bonds. The van der Waals surface area contributed by atoms with E-state index in [0.717, 1.165) is 39.2 Å². The van der Waals surface area contributed by atoms with Gasteiger partial charge < -0.3 is 9.30 Å². The van der Waals surface area contributed by atoms with Crippen LogP contribution in [0.4, 0.5) is 0 Å². The lowest BCUT2D eigenvalue weighted by molar-refractivity contribution is 0.300. The van der Waals surface area contributed by atoms with Crippen molar-refractivity contribution in [3.8, 4) is 17.1 Å². The first kappa shape index (κ1) is 17.8. The number of fused-ring (bicyclic) bond motifs is 1. The largest absolute Gasteiger partial charge is 0.492 e. The molecule has 0 aliphatic carbocycles. The van der Waals surface area contributed by atoms with Gasteiger partial charge in [0.2, 0.25) is 0 Å². The maximum atomic E-state index is 6.02. The minimum Gasteiger partial charge on any atom is -0.492 e. The van der Waals surface area contributed by atoms with Crippen molar-refractivity contribution >= 4 is 27.0 Å². The first-order valence-electron chi connectivity index (χ1n) is 9.03. The predicted octanol–water partition coefficient (Wildman–Crippen LogP) is 6.16. The van der Waals surface area contributed by atoms with Crippen molar-refractivity contribution in [3.05, 3.63) is 82.3 Å². The van der Waals surface area contributed by atoms with Crippen molar-refractivity contribution < 1.29 is 4.74 Å². The summed E-state index contributed by atoms with van der Waals surface area (Å²) in [5, 5.41) is 0. The minimum absolute atomic E-state index is 0.590. The lowest BCUT2D eigenvalue weighted by Gasteiger charge is -2.12. The average Bonchev–Trinajstić information content (AvgIpc) is 3.04. The highest BCUT2D eigenvalue weighted by atomic mass is 79.9. The molecule has 0 unspecified atom stereocenters. The quantitative estimate of drug-likeness (QED) is 0.386. The van der Waals surface area contributed by atoms with Crippen LogP contribution >= 0.6 is 15.9 Å². The Kier molecular flexibility index (Phi) is 4.99. The van der Waals surface area contributed by atoms with Crippen molar-refractivity contribution in [1.82, 2.24) is 9.55 Å². The van der Waals surface area contributed by atoms with Gasteiger partial charge in [0.05, 0.1) is 17.6 Å². The Morgan fingerprint density at radius 3 is 2.48 bits per heavy atom. The standard InChI is InChI=1S/C23H21BrN2O/c1-16-7-12-20(15-17(16)2)27-14-13-26-22-6-4-3-5-21(22)25-23(26)18-8-10-19(24)11-9-18/h3-12,15H,13-14H2,1-2H3. The highest BCUT2D eigenvalue weighted by molar-refractivity contribution is 9.10. The molecule has 0 saturated heterocycles. The van der Waals surface area contributed by atoms with Crippen molar-refractivity contribution in [1.29, 1.82) is 0 Å². The molecule has 3 aromatic carbocycles. The molecule has 27 heavy (non-hydrogen) atoms. The molecule has 3 nitrogen and oxygen atoms in total. The summed E-state index contributed by atoms with van der Waals surface area (Å²) < 4.78 is 9.32. The summed E-state index contributed by atoms with van der Waals surface area (Å²) in [6.07, 6.45) is 0. The van der Waals surface area contributed by atoms with E-state index in [2.05, 4.69) is 76.8 Å². The van der Waals surface area contributed by atoms with Gasteiger partial charge in [0.1, 0.15) is 18.2 Å². The van der Waals surface area contributed by atoms with E-state index in [4.69, 9.17) is 9.72 Å². The number of aromatic nitrogens is 2. The van der Waals surface area contributed by atoms with E-state index in [0.29, 0.717) is 6.61 Å². The average molecular weight is 421 g/mol. The summed E-state index contributed by atoms with van der Waals surface area (Å²) in [4.78, 5) is 4.86. The number of nitrogens with zero attached hydrogens (tertiary/aromatic N) is 2. The summed E-state index contributed by atoms with van der Waals surface area (Å²) in [5.74, 6) is 1.88. The zero-order valence-corrected chi connectivity index (χ0v) is 17.0. The van der Waals surface area contributed by atoms with Gasteiger partial charge in [-0.25, -0.2) is 4.98 Å². The van der Waals surface area contributed by atoms with Crippen molar-refractivity contribution in [3.63, 3.8) is 0 Å². The van der Waals surface area contributed by atoms with Gasteiger partial charge >= 0.3 is 0 Å². The third kappa shape index (κ3) is 3.76. The Bertz CT molecular complexity index is 1080. The lowest BCUT2D eigenvalue weighted by atomic mass is 10.1. The molecular weight excluding hydrogens is 400 g/mol. The number of hydrogen-bond donors (Lipinski definition) is 0. The van der Waals surface area contributed by atoms with E-state index in [1.54, 1.807) is 0 Å². The fourth-order valence-corrected chi connectivity index (χ4v) is 3.44. The molecule has 0 spiro atoms. The van der Waals surface area contributed by atoms with Crippen LogP contribution in [0.1, 0.15) is 11.1 Å². The molecule has 4 rings (SSSR count). The lowest BCUT2D eigenvalue weighted by Crippen LogP contribution is -2.09. The topological polar surface area (TPSA) is 27.1 Å². The number of aryl methyl sites for hydroxylation is 2. The van der Waals surface area contributed by atoms with Gasteiger partial charge in [-0.2, -0.15) is 0 Å². The Labute approximate surface area is 167 Å². The summed E-state index contributed by atoms with van der Waals surface area (Å²) in [6, 6.07) is 22.7. The number of ether oxygens (including phenoxy) is 1. The molecular formula is C23H21BrN2O. The van der Waals surface area contributed by atoms with Crippen LogP contribution in [-0.2, 0) is 6.54 Å². The molecule has 1 heterocycles. The van der Waals surface area contributed by atoms with E-state index in [1.807, 2.05) is 24.3 Å². The van der Waals surface area contributed by atoms with Crippen molar-refractivity contribution in [2.75, 3.05) is 6.61 Å². The van der Waals surface area contributed by atoms with E-state index < -0.39 is 0 Å². The first-order chi connectivity index (χ1) is 13.1. The third-order valence-electron chi connectivity index (χ3n) is 4.82. The molecule has 4 aromatic rings. The van der Waals surface area contributed by atoms with Crippen LogP contribution in [0.2, 0.25) is 0 Å². The van der Waals surface area contributed by atoms with Crippen LogP contribution in [0.5, 0.6) is 5.75 Å². The number of halogens is 1. The molecule has 0 N–H and O–H groups in total. The Morgan fingerprint density at radius 2 is 1.70 bits per heavy atom. The van der Waals surface area contributed by atoms with Gasteiger partial charge in [0.25, 0.3) is 0 Å². The second kappa shape index (κ2) is 7.57. The second-order valence-electron chi connectivity index (χ2n) is 6.68. The number of rotatable bonds is 5. The van der Waals surface area contributed by atoms with Crippen molar-refractivity contribution in [2.24, 2.45) is 0 Å². The van der Waals surface area contributed by atoms with E-state index in [-0.39, 0.29) is 0 Å². The molecule has 4 heteroatoms. The van der Waals surface area contributed by atoms with Crippen LogP contribution < -0.4 is 4.74 Å². The smallest absolute Gasteiger partial charge is 0.141 e. The molecule has 0 atom stereocenters. The zero-order chi connectivity index (χ0) is 18.8. The van der Waals surface area contributed by atoms with Crippen LogP contribution in [-0.4, -0.2) is 16.2 Å². The van der Waals surface area contributed by atoms with Crippen LogP contribution in [0.25, 0.3) is 22.4 Å². The molecule has 0 radical (unpaired) electrons. The maximum Gasteiger partial charge on any atom is 0.141 e.